The van der Waals surface area contributed by atoms with Crippen LogP contribution in [0, 0.1) is 41.5 Å². The molecule has 0 radical (unpaired) electrons. The minimum absolute atomic E-state index is 0.580. The molecule has 144 valence electrons. The summed E-state index contributed by atoms with van der Waals surface area (Å²) in [6, 6.07) is 9.21. The predicted octanol–water partition coefficient (Wildman–Crippen LogP) is 5.57. The summed E-state index contributed by atoms with van der Waals surface area (Å²) in [6.45, 7) is 20.0. The molecule has 0 saturated carbocycles. The number of rotatable bonds is 5. The number of hydrogen-bond acceptors (Lipinski definition) is 1. The Balaban J connectivity index is 2.25. The summed E-state index contributed by atoms with van der Waals surface area (Å²) in [6.07, 6.45) is 2.32. The molecule has 0 saturated heterocycles. The first kappa shape index (κ1) is 19.9. The van der Waals surface area contributed by atoms with E-state index in [4.69, 9.17) is 0 Å². The molecular formula is C23H33N3P+. The third-order valence-corrected chi connectivity index (χ3v) is 7.77. The SMILES string of the molecule is CCN(CC)p1n(-c2c(C)cc(C)cc2C)c[n+]1-c1c(C)cc(C)cc1C. The molecule has 3 nitrogen and oxygen atoms in total. The third kappa shape index (κ3) is 3.51. The topological polar surface area (TPSA) is 12.1 Å². The Labute approximate surface area is 165 Å². The molecular weight excluding hydrogens is 349 g/mol. The van der Waals surface area contributed by atoms with E-state index in [2.05, 4.69) is 99.3 Å². The molecule has 27 heavy (non-hydrogen) atoms. The molecule has 0 atom stereocenters. The Hall–Kier alpha value is -1.83. The van der Waals surface area contributed by atoms with Crippen LogP contribution in [0.1, 0.15) is 47.2 Å². The van der Waals surface area contributed by atoms with Gasteiger partial charge in [0.1, 0.15) is 11.4 Å². The fourth-order valence-electron chi connectivity index (χ4n) is 4.36. The van der Waals surface area contributed by atoms with Crippen LogP contribution in [0.15, 0.2) is 30.6 Å². The zero-order chi connectivity index (χ0) is 19.9. The van der Waals surface area contributed by atoms with Gasteiger partial charge < -0.3 is 0 Å². The van der Waals surface area contributed by atoms with Gasteiger partial charge in [-0.2, -0.15) is 8.66 Å². The van der Waals surface area contributed by atoms with Crippen LogP contribution in [0.5, 0.6) is 0 Å². The van der Waals surface area contributed by atoms with E-state index < -0.39 is 8.00 Å². The summed E-state index contributed by atoms with van der Waals surface area (Å²) < 4.78 is 7.63. The summed E-state index contributed by atoms with van der Waals surface area (Å²) >= 11 is 0. The van der Waals surface area contributed by atoms with Crippen molar-refractivity contribution < 1.29 is 4.33 Å². The fraction of sp³-hybridized carbons (Fsp3) is 0.435. The molecule has 0 N–H and O–H groups in total. The normalized spacial score (nSPS) is 12.3. The lowest BCUT2D eigenvalue weighted by molar-refractivity contribution is -0.542. The Morgan fingerprint density at radius 2 is 1.22 bits per heavy atom. The largest absolute Gasteiger partial charge is 0.251 e. The Kier molecular flexibility index (Phi) is 5.65. The lowest BCUT2D eigenvalue weighted by Crippen LogP contribution is -2.45. The molecule has 1 heterocycles. The van der Waals surface area contributed by atoms with Crippen molar-refractivity contribution in [3.63, 3.8) is 0 Å². The summed E-state index contributed by atoms with van der Waals surface area (Å²) in [4.78, 5) is 0. The van der Waals surface area contributed by atoms with Gasteiger partial charge in [0.2, 0.25) is 6.33 Å². The molecule has 0 fully saturated rings. The lowest BCUT2D eigenvalue weighted by atomic mass is 10.1. The van der Waals surface area contributed by atoms with E-state index in [0.29, 0.717) is 0 Å². The predicted molar refractivity (Wildman–Crippen MR) is 118 cm³/mol. The van der Waals surface area contributed by atoms with Crippen molar-refractivity contribution in [1.29, 1.82) is 0 Å². The smallest absolute Gasteiger partial charge is 0.209 e. The molecule has 1 aromatic heterocycles. The molecule has 4 heteroatoms. The Morgan fingerprint density at radius 3 is 1.67 bits per heavy atom. The van der Waals surface area contributed by atoms with Crippen molar-refractivity contribution >= 4 is 8.00 Å². The van der Waals surface area contributed by atoms with Gasteiger partial charge in [0.15, 0.2) is 0 Å². The van der Waals surface area contributed by atoms with E-state index >= 15 is 0 Å². The van der Waals surface area contributed by atoms with Crippen molar-refractivity contribution in [3.8, 4) is 11.4 Å². The van der Waals surface area contributed by atoms with Gasteiger partial charge in [0.25, 0.3) is 8.00 Å². The fourth-order valence-corrected chi connectivity index (χ4v) is 6.85. The van der Waals surface area contributed by atoms with Crippen LogP contribution in [-0.4, -0.2) is 17.4 Å². The Bertz CT molecular complexity index is 857. The quantitative estimate of drug-likeness (QED) is 0.562. The van der Waals surface area contributed by atoms with Gasteiger partial charge in [-0.25, -0.2) is 4.67 Å². The van der Waals surface area contributed by atoms with Crippen LogP contribution >= 0.6 is 8.00 Å². The van der Waals surface area contributed by atoms with Crippen LogP contribution in [0.3, 0.4) is 0 Å². The molecule has 0 spiro atoms. The maximum atomic E-state index is 2.59. The summed E-state index contributed by atoms with van der Waals surface area (Å²) in [7, 11) is -0.580. The zero-order valence-corrected chi connectivity index (χ0v) is 19.0. The van der Waals surface area contributed by atoms with Crippen molar-refractivity contribution in [2.24, 2.45) is 0 Å². The van der Waals surface area contributed by atoms with Crippen LogP contribution in [0.4, 0.5) is 0 Å². The number of aromatic nitrogens is 2. The van der Waals surface area contributed by atoms with Gasteiger partial charge in [-0.15, -0.1) is 0 Å². The van der Waals surface area contributed by atoms with E-state index in [-0.39, 0.29) is 0 Å². The first-order valence-electron chi connectivity index (χ1n) is 9.92. The maximum Gasteiger partial charge on any atom is 0.251 e. The summed E-state index contributed by atoms with van der Waals surface area (Å²) in [5.74, 6) is 0. The number of hydrogen-bond donors (Lipinski definition) is 0. The zero-order valence-electron chi connectivity index (χ0n) is 18.1. The molecule has 0 amide bonds. The summed E-state index contributed by atoms with van der Waals surface area (Å²) in [5.41, 5.74) is 10.9. The average Bonchev–Trinajstić information content (AvgIpc) is 2.55. The number of benzene rings is 2. The van der Waals surface area contributed by atoms with Crippen LogP contribution in [0.25, 0.3) is 11.4 Å². The van der Waals surface area contributed by atoms with Gasteiger partial charge in [0.05, 0.1) is 0 Å². The molecule has 0 aliphatic heterocycles. The van der Waals surface area contributed by atoms with Crippen LogP contribution in [-0.2, 0) is 0 Å². The van der Waals surface area contributed by atoms with Gasteiger partial charge in [0, 0.05) is 13.1 Å². The molecule has 3 rings (SSSR count). The van der Waals surface area contributed by atoms with E-state index in [1.807, 2.05) is 0 Å². The van der Waals surface area contributed by atoms with Crippen LogP contribution in [0.2, 0.25) is 0 Å². The van der Waals surface area contributed by atoms with E-state index in [1.165, 1.54) is 44.8 Å². The van der Waals surface area contributed by atoms with Crippen molar-refractivity contribution in [2.45, 2.75) is 55.4 Å². The Morgan fingerprint density at radius 1 is 0.778 bits per heavy atom. The van der Waals surface area contributed by atoms with Gasteiger partial charge >= 0.3 is 0 Å². The summed E-state index contributed by atoms with van der Waals surface area (Å²) in [5, 5.41) is 0. The van der Waals surface area contributed by atoms with E-state index in [1.54, 1.807) is 0 Å². The molecule has 2 aromatic carbocycles. The number of nitrogens with zero attached hydrogens (tertiary/aromatic N) is 3. The highest BCUT2D eigenvalue weighted by Crippen LogP contribution is 2.36. The highest BCUT2D eigenvalue weighted by Gasteiger charge is 2.29. The van der Waals surface area contributed by atoms with Crippen molar-refractivity contribution in [3.05, 3.63) is 64.0 Å². The monoisotopic (exact) mass is 382 g/mol. The van der Waals surface area contributed by atoms with Crippen molar-refractivity contribution in [2.75, 3.05) is 17.8 Å². The van der Waals surface area contributed by atoms with E-state index in [9.17, 15) is 0 Å². The highest BCUT2D eigenvalue weighted by molar-refractivity contribution is 7.41. The van der Waals surface area contributed by atoms with Gasteiger partial charge in [-0.3, -0.25) is 0 Å². The van der Waals surface area contributed by atoms with Crippen molar-refractivity contribution in [1.82, 2.24) is 4.33 Å². The first-order chi connectivity index (χ1) is 12.8. The molecule has 0 bridgehead atoms. The molecule has 0 aliphatic carbocycles. The lowest BCUT2D eigenvalue weighted by Gasteiger charge is -2.28. The standard InChI is InChI=1S/C23H33N3P/c1-9-24(10-2)27-25(22-18(5)11-16(3)12-19(22)6)15-26(27)23-20(7)13-17(4)14-21(23)8/h11-15H,9-10H2,1-8H3/q+1. The third-order valence-electron chi connectivity index (χ3n) is 5.32. The van der Waals surface area contributed by atoms with Gasteiger partial charge in [-0.05, 0) is 63.8 Å². The average molecular weight is 383 g/mol. The second-order valence-electron chi connectivity index (χ2n) is 7.71. The van der Waals surface area contributed by atoms with Crippen LogP contribution < -0.4 is 9.00 Å². The number of aryl methyl sites for hydroxylation is 6. The second-order valence-corrected chi connectivity index (χ2v) is 9.67. The van der Waals surface area contributed by atoms with E-state index in [0.717, 1.165) is 13.1 Å². The molecule has 0 aliphatic rings. The molecule has 0 unspecified atom stereocenters. The molecule has 3 aromatic rings. The first-order valence-corrected chi connectivity index (χ1v) is 11.1. The highest BCUT2D eigenvalue weighted by atomic mass is 31.1. The maximum absolute atomic E-state index is 2.59. The second kappa shape index (κ2) is 7.66. The minimum atomic E-state index is -0.580. The van der Waals surface area contributed by atoms with Gasteiger partial charge in [-0.1, -0.05) is 49.2 Å². The minimum Gasteiger partial charge on any atom is -0.209 e.